The van der Waals surface area contributed by atoms with Crippen LogP contribution in [0.25, 0.3) is 0 Å². The molecule has 4 aromatic rings. The lowest BCUT2D eigenvalue weighted by molar-refractivity contribution is -0.123. The summed E-state index contributed by atoms with van der Waals surface area (Å²) >= 11 is 0. The molecule has 4 aromatic carbocycles. The Kier molecular flexibility index (Phi) is 10.6. The molecule has 2 heterocycles. The number of amides is 3. The predicted octanol–water partition coefficient (Wildman–Crippen LogP) is 5.57. The SMILES string of the molecule is C=C(CCN1C(=O)c2ccccc2C1=O)N(CCc1ccc2c(c1)OCC2)CC[C@H](Cc1ccccc1)NC(=O)COc1cccc(O)c1. The maximum absolute atomic E-state index is 13.1. The summed E-state index contributed by atoms with van der Waals surface area (Å²) < 4.78 is 11.4. The van der Waals surface area contributed by atoms with Gasteiger partial charge in [0.2, 0.25) is 0 Å². The van der Waals surface area contributed by atoms with Gasteiger partial charge in [-0.05, 0) is 66.3 Å². The van der Waals surface area contributed by atoms with Gasteiger partial charge in [-0.3, -0.25) is 19.3 Å². The van der Waals surface area contributed by atoms with Gasteiger partial charge in [0.15, 0.2) is 6.61 Å². The van der Waals surface area contributed by atoms with Crippen LogP contribution >= 0.6 is 0 Å². The molecule has 0 spiro atoms. The molecule has 2 aliphatic rings. The van der Waals surface area contributed by atoms with E-state index < -0.39 is 0 Å². The van der Waals surface area contributed by atoms with Crippen molar-refractivity contribution in [1.82, 2.24) is 15.1 Å². The topological polar surface area (TPSA) is 108 Å². The molecular formula is C40H41N3O6. The molecule has 0 aromatic heterocycles. The Morgan fingerprint density at radius 2 is 1.67 bits per heavy atom. The largest absolute Gasteiger partial charge is 0.508 e. The van der Waals surface area contributed by atoms with Crippen molar-refractivity contribution in [2.24, 2.45) is 0 Å². The Bertz CT molecular complexity index is 1790. The van der Waals surface area contributed by atoms with Crippen molar-refractivity contribution >= 4 is 17.7 Å². The number of fused-ring (bicyclic) bond motifs is 2. The van der Waals surface area contributed by atoms with Gasteiger partial charge in [-0.1, -0.05) is 67.2 Å². The quantitative estimate of drug-likeness (QED) is 0.152. The number of ether oxygens (including phenoxy) is 2. The first-order valence-electron chi connectivity index (χ1n) is 16.7. The molecule has 0 unspecified atom stereocenters. The number of nitrogens with zero attached hydrogens (tertiary/aromatic N) is 2. The zero-order valence-corrected chi connectivity index (χ0v) is 27.5. The number of carbonyl (C=O) groups excluding carboxylic acids is 3. The van der Waals surface area contributed by atoms with Crippen LogP contribution in [-0.4, -0.2) is 71.5 Å². The van der Waals surface area contributed by atoms with E-state index in [-0.39, 0.29) is 42.7 Å². The third-order valence-electron chi connectivity index (χ3n) is 9.01. The maximum Gasteiger partial charge on any atom is 0.261 e. The third-order valence-corrected chi connectivity index (χ3v) is 9.01. The Hall–Kier alpha value is -5.57. The summed E-state index contributed by atoms with van der Waals surface area (Å²) in [5.41, 5.74) is 5.14. The molecule has 2 N–H and O–H groups in total. The van der Waals surface area contributed by atoms with Crippen LogP contribution in [0.15, 0.2) is 109 Å². The molecule has 9 nitrogen and oxygen atoms in total. The van der Waals surface area contributed by atoms with Gasteiger partial charge in [-0.15, -0.1) is 0 Å². The van der Waals surface area contributed by atoms with Gasteiger partial charge in [-0.2, -0.15) is 0 Å². The highest BCUT2D eigenvalue weighted by Crippen LogP contribution is 2.27. The zero-order chi connectivity index (χ0) is 34.2. The molecule has 0 bridgehead atoms. The highest BCUT2D eigenvalue weighted by Gasteiger charge is 2.35. The van der Waals surface area contributed by atoms with Gasteiger partial charge in [0.05, 0.1) is 17.7 Å². The Morgan fingerprint density at radius 3 is 2.43 bits per heavy atom. The first-order valence-corrected chi connectivity index (χ1v) is 16.7. The molecule has 252 valence electrons. The molecule has 49 heavy (non-hydrogen) atoms. The molecule has 0 radical (unpaired) electrons. The summed E-state index contributed by atoms with van der Waals surface area (Å²) in [4.78, 5) is 42.6. The van der Waals surface area contributed by atoms with Crippen molar-refractivity contribution in [3.05, 3.63) is 137 Å². The van der Waals surface area contributed by atoms with E-state index in [9.17, 15) is 19.5 Å². The van der Waals surface area contributed by atoms with E-state index in [1.165, 1.54) is 16.5 Å². The normalized spacial score (nSPS) is 13.8. The van der Waals surface area contributed by atoms with Crippen molar-refractivity contribution in [2.45, 2.75) is 38.1 Å². The summed E-state index contributed by atoms with van der Waals surface area (Å²) in [6.45, 7) is 6.39. The van der Waals surface area contributed by atoms with E-state index in [0.29, 0.717) is 55.8 Å². The van der Waals surface area contributed by atoms with Crippen LogP contribution in [0.3, 0.4) is 0 Å². The second kappa shape index (κ2) is 15.6. The summed E-state index contributed by atoms with van der Waals surface area (Å²) in [5.74, 6) is 0.585. The number of phenolic OH excluding ortho intramolecular Hbond substituents is 1. The van der Waals surface area contributed by atoms with Crippen LogP contribution in [0.4, 0.5) is 0 Å². The second-order valence-corrected chi connectivity index (χ2v) is 12.4. The van der Waals surface area contributed by atoms with Crippen LogP contribution in [0.2, 0.25) is 0 Å². The number of phenols is 1. The van der Waals surface area contributed by atoms with Gasteiger partial charge in [-0.25, -0.2) is 0 Å². The van der Waals surface area contributed by atoms with Crippen LogP contribution in [-0.2, 0) is 24.1 Å². The first kappa shape index (κ1) is 33.3. The van der Waals surface area contributed by atoms with Crippen molar-refractivity contribution in [3.63, 3.8) is 0 Å². The maximum atomic E-state index is 13.1. The smallest absolute Gasteiger partial charge is 0.261 e. The Morgan fingerprint density at radius 1 is 0.918 bits per heavy atom. The van der Waals surface area contributed by atoms with E-state index >= 15 is 0 Å². The fourth-order valence-corrected chi connectivity index (χ4v) is 6.33. The van der Waals surface area contributed by atoms with Gasteiger partial charge < -0.3 is 24.8 Å². The van der Waals surface area contributed by atoms with Crippen molar-refractivity contribution in [2.75, 3.05) is 32.8 Å². The molecule has 2 aliphatic heterocycles. The lowest BCUT2D eigenvalue weighted by Gasteiger charge is -2.30. The van der Waals surface area contributed by atoms with Crippen LogP contribution in [0.5, 0.6) is 17.2 Å². The van der Waals surface area contributed by atoms with Gasteiger partial charge in [0.25, 0.3) is 17.7 Å². The average Bonchev–Trinajstić information content (AvgIpc) is 3.68. The van der Waals surface area contributed by atoms with Gasteiger partial charge in [0.1, 0.15) is 17.2 Å². The minimum absolute atomic E-state index is 0.0654. The fraction of sp³-hybridized carbons (Fsp3) is 0.275. The van der Waals surface area contributed by atoms with Crippen LogP contribution in [0, 0.1) is 0 Å². The number of hydrogen-bond donors (Lipinski definition) is 2. The summed E-state index contributed by atoms with van der Waals surface area (Å²) in [5, 5.41) is 12.9. The molecule has 9 heteroatoms. The zero-order valence-electron chi connectivity index (χ0n) is 27.5. The molecule has 6 rings (SSSR count). The number of rotatable bonds is 16. The fourth-order valence-electron chi connectivity index (χ4n) is 6.33. The summed E-state index contributed by atoms with van der Waals surface area (Å²) in [6, 6.07) is 29.4. The van der Waals surface area contributed by atoms with E-state index in [4.69, 9.17) is 9.47 Å². The second-order valence-electron chi connectivity index (χ2n) is 12.4. The lowest BCUT2D eigenvalue weighted by atomic mass is 10.0. The minimum Gasteiger partial charge on any atom is -0.508 e. The monoisotopic (exact) mass is 659 g/mol. The number of imide groups is 1. The van der Waals surface area contributed by atoms with Crippen molar-refractivity contribution in [3.8, 4) is 17.2 Å². The van der Waals surface area contributed by atoms with Gasteiger partial charge >= 0.3 is 0 Å². The summed E-state index contributed by atoms with van der Waals surface area (Å²) in [7, 11) is 0. The van der Waals surface area contributed by atoms with E-state index in [1.807, 2.05) is 30.3 Å². The molecule has 0 aliphatic carbocycles. The van der Waals surface area contributed by atoms with E-state index in [1.54, 1.807) is 42.5 Å². The molecule has 0 saturated heterocycles. The number of aromatic hydroxyl groups is 1. The number of benzene rings is 4. The number of hydrogen-bond acceptors (Lipinski definition) is 7. The first-order chi connectivity index (χ1) is 23.8. The highest BCUT2D eigenvalue weighted by atomic mass is 16.5. The van der Waals surface area contributed by atoms with Gasteiger partial charge in [0, 0.05) is 50.3 Å². The number of carbonyl (C=O) groups is 3. The summed E-state index contributed by atoms with van der Waals surface area (Å²) in [6.07, 6.45) is 3.33. The highest BCUT2D eigenvalue weighted by molar-refractivity contribution is 6.21. The van der Waals surface area contributed by atoms with Crippen molar-refractivity contribution in [1.29, 1.82) is 0 Å². The predicted molar refractivity (Wildman–Crippen MR) is 187 cm³/mol. The molecule has 3 amide bonds. The molecule has 0 fully saturated rings. The minimum atomic E-state index is -0.281. The van der Waals surface area contributed by atoms with Crippen LogP contribution < -0.4 is 14.8 Å². The number of nitrogens with one attached hydrogen (secondary N) is 1. The standard InChI is InChI=1S/C40H41N3O6/c1-28(16-22-43-39(46)35-12-5-6-13-36(35)40(43)47)42(20-17-30-14-15-31-19-23-48-37(31)25-30)21-18-32(24-29-8-3-2-4-9-29)41-38(45)27-49-34-11-7-10-33(44)26-34/h2-15,25-26,32,44H,1,16-24,27H2,(H,41,45)/t32-/m1/s1. The van der Waals surface area contributed by atoms with Crippen LogP contribution in [0.1, 0.15) is 50.2 Å². The van der Waals surface area contributed by atoms with Crippen molar-refractivity contribution < 1.29 is 29.0 Å². The average molecular weight is 660 g/mol. The third kappa shape index (κ3) is 8.48. The molecule has 1 atom stereocenters. The Balaban J connectivity index is 1.13. The van der Waals surface area contributed by atoms with E-state index in [2.05, 4.69) is 35.0 Å². The molecule has 0 saturated carbocycles. The lowest BCUT2D eigenvalue weighted by Crippen LogP contribution is -2.42. The van der Waals surface area contributed by atoms with E-state index in [0.717, 1.165) is 35.4 Å². The Labute approximate surface area is 286 Å². The molecular weight excluding hydrogens is 618 g/mol.